The molecular weight excluding hydrogens is 475 g/mol. The highest BCUT2D eigenvalue weighted by Crippen LogP contribution is 2.30. The molecule has 2 N–H and O–H groups in total. The lowest BCUT2D eigenvalue weighted by atomic mass is 9.88. The number of benzene rings is 2. The number of hydrogen-bond donors (Lipinski definition) is 2. The Bertz CT molecular complexity index is 1180. The zero-order valence-electron chi connectivity index (χ0n) is 21.5. The zero-order valence-corrected chi connectivity index (χ0v) is 21.5. The second kappa shape index (κ2) is 10.8. The Balaban J connectivity index is 1.44. The molecule has 0 saturated carbocycles. The molecule has 0 aromatic heterocycles. The number of halogens is 1. The Morgan fingerprint density at radius 2 is 1.81 bits per heavy atom. The molecule has 2 aromatic carbocycles. The van der Waals surface area contributed by atoms with Crippen LogP contribution in [0.5, 0.6) is 0 Å². The maximum Gasteiger partial charge on any atom is 0.408 e. The number of nitrogens with one attached hydrogen (secondary N) is 2. The minimum absolute atomic E-state index is 0.143. The summed E-state index contributed by atoms with van der Waals surface area (Å²) in [4.78, 5) is 28.0. The molecule has 1 unspecified atom stereocenters. The zero-order chi connectivity index (χ0) is 26.6. The molecular formula is C28H33FN4O4. The second-order valence-electron chi connectivity index (χ2n) is 10.6. The quantitative estimate of drug-likeness (QED) is 0.630. The van der Waals surface area contributed by atoms with Crippen LogP contribution in [0.1, 0.15) is 45.6 Å². The van der Waals surface area contributed by atoms with Gasteiger partial charge in [0.1, 0.15) is 23.0 Å². The predicted molar refractivity (Wildman–Crippen MR) is 137 cm³/mol. The maximum absolute atomic E-state index is 13.4. The van der Waals surface area contributed by atoms with Crippen LogP contribution in [0.15, 0.2) is 42.5 Å². The third kappa shape index (κ3) is 6.38. The van der Waals surface area contributed by atoms with Crippen molar-refractivity contribution in [3.63, 3.8) is 0 Å². The summed E-state index contributed by atoms with van der Waals surface area (Å²) < 4.78 is 24.1. The van der Waals surface area contributed by atoms with Crippen LogP contribution in [-0.4, -0.2) is 55.5 Å². The van der Waals surface area contributed by atoms with E-state index in [-0.39, 0.29) is 17.8 Å². The van der Waals surface area contributed by atoms with Crippen LogP contribution in [0.4, 0.5) is 14.9 Å². The van der Waals surface area contributed by atoms with Crippen LogP contribution >= 0.6 is 0 Å². The third-order valence-corrected chi connectivity index (χ3v) is 6.68. The van der Waals surface area contributed by atoms with Crippen molar-refractivity contribution in [1.82, 2.24) is 10.6 Å². The van der Waals surface area contributed by atoms with Crippen molar-refractivity contribution in [2.24, 2.45) is 0 Å². The lowest BCUT2D eigenvalue weighted by Crippen LogP contribution is -2.63. The summed E-state index contributed by atoms with van der Waals surface area (Å²) in [5, 5.41) is 15.7. The molecule has 0 aliphatic carbocycles. The van der Waals surface area contributed by atoms with E-state index in [2.05, 4.69) is 21.6 Å². The standard InChI is InChI=1S/C28H33FN4O4/c1-27(2,3)37-26(35)32-28(11-14-36-15-12-28)25(34)31-23-10-13-33(18-23)24-9-6-20(16-21(24)17-30)19-4-7-22(29)8-5-19/h4-9,16,23H,10-15,18H2,1-3H3,(H,31,34)(H,32,35). The van der Waals surface area contributed by atoms with Gasteiger partial charge in [0.15, 0.2) is 0 Å². The van der Waals surface area contributed by atoms with E-state index in [0.717, 1.165) is 16.8 Å². The molecule has 4 rings (SSSR count). The van der Waals surface area contributed by atoms with Crippen molar-refractivity contribution in [2.45, 2.75) is 57.2 Å². The van der Waals surface area contributed by atoms with Crippen LogP contribution in [0.2, 0.25) is 0 Å². The Kier molecular flexibility index (Phi) is 7.69. The number of rotatable bonds is 5. The molecule has 0 spiro atoms. The van der Waals surface area contributed by atoms with Gasteiger partial charge in [-0.15, -0.1) is 0 Å². The topological polar surface area (TPSA) is 104 Å². The Morgan fingerprint density at radius 3 is 2.46 bits per heavy atom. The van der Waals surface area contributed by atoms with Crippen LogP contribution in [-0.2, 0) is 14.3 Å². The molecule has 0 bridgehead atoms. The summed E-state index contributed by atoms with van der Waals surface area (Å²) in [6, 6.07) is 13.9. The van der Waals surface area contributed by atoms with Gasteiger partial charge in [-0.25, -0.2) is 9.18 Å². The van der Waals surface area contributed by atoms with Crippen LogP contribution < -0.4 is 15.5 Å². The highest BCUT2D eigenvalue weighted by Gasteiger charge is 2.43. The number of anilines is 1. The normalized spacial score (nSPS) is 19.1. The fourth-order valence-electron chi connectivity index (χ4n) is 4.77. The molecule has 196 valence electrons. The number of alkyl carbamates (subject to hydrolysis) is 1. The van der Waals surface area contributed by atoms with Gasteiger partial charge >= 0.3 is 6.09 Å². The van der Waals surface area contributed by atoms with E-state index in [9.17, 15) is 19.2 Å². The number of hydrogen-bond acceptors (Lipinski definition) is 6. The number of carbonyl (C=O) groups is 2. The predicted octanol–water partition coefficient (Wildman–Crippen LogP) is 4.13. The molecule has 2 aliphatic rings. The molecule has 0 radical (unpaired) electrons. The first-order valence-corrected chi connectivity index (χ1v) is 12.5. The van der Waals surface area contributed by atoms with E-state index in [4.69, 9.17) is 9.47 Å². The van der Waals surface area contributed by atoms with E-state index in [0.29, 0.717) is 51.1 Å². The van der Waals surface area contributed by atoms with Gasteiger partial charge in [-0.1, -0.05) is 18.2 Å². The summed E-state index contributed by atoms with van der Waals surface area (Å²) in [5.41, 5.74) is 1.19. The van der Waals surface area contributed by atoms with E-state index in [1.165, 1.54) is 12.1 Å². The van der Waals surface area contributed by atoms with E-state index in [1.807, 2.05) is 12.1 Å². The molecule has 2 fully saturated rings. The fourth-order valence-corrected chi connectivity index (χ4v) is 4.77. The number of amides is 2. The van der Waals surface area contributed by atoms with Gasteiger partial charge in [-0.2, -0.15) is 5.26 Å². The fraction of sp³-hybridized carbons (Fsp3) is 0.464. The van der Waals surface area contributed by atoms with Crippen molar-refractivity contribution in [3.05, 3.63) is 53.8 Å². The summed E-state index contributed by atoms with van der Waals surface area (Å²) in [6.45, 7) is 7.27. The number of carbonyl (C=O) groups excluding carboxylic acids is 2. The molecule has 2 amide bonds. The Hall–Kier alpha value is -3.64. The van der Waals surface area contributed by atoms with Gasteiger partial charge < -0.3 is 25.0 Å². The third-order valence-electron chi connectivity index (χ3n) is 6.68. The maximum atomic E-state index is 13.4. The smallest absolute Gasteiger partial charge is 0.408 e. The van der Waals surface area contributed by atoms with Crippen LogP contribution in [0.25, 0.3) is 11.1 Å². The van der Waals surface area contributed by atoms with Gasteiger partial charge in [-0.3, -0.25) is 4.79 Å². The summed E-state index contributed by atoms with van der Waals surface area (Å²) >= 11 is 0. The highest BCUT2D eigenvalue weighted by molar-refractivity contribution is 5.90. The molecule has 1 atom stereocenters. The molecule has 9 heteroatoms. The summed E-state index contributed by atoms with van der Waals surface area (Å²) in [7, 11) is 0. The molecule has 2 aromatic rings. The minimum Gasteiger partial charge on any atom is -0.444 e. The molecule has 2 saturated heterocycles. The molecule has 37 heavy (non-hydrogen) atoms. The first-order valence-electron chi connectivity index (χ1n) is 12.5. The van der Waals surface area contributed by atoms with Gasteiger partial charge in [0.2, 0.25) is 5.91 Å². The van der Waals surface area contributed by atoms with Crippen molar-refractivity contribution in [1.29, 1.82) is 5.26 Å². The highest BCUT2D eigenvalue weighted by atomic mass is 19.1. The van der Waals surface area contributed by atoms with Crippen molar-refractivity contribution >= 4 is 17.7 Å². The Morgan fingerprint density at radius 1 is 1.14 bits per heavy atom. The number of nitrogens with zero attached hydrogens (tertiary/aromatic N) is 2. The first-order chi connectivity index (χ1) is 17.6. The van der Waals surface area contributed by atoms with E-state index < -0.39 is 17.2 Å². The monoisotopic (exact) mass is 508 g/mol. The van der Waals surface area contributed by atoms with Crippen molar-refractivity contribution < 1.29 is 23.5 Å². The number of nitriles is 1. The van der Waals surface area contributed by atoms with Crippen LogP contribution in [0, 0.1) is 17.1 Å². The number of ether oxygens (including phenoxy) is 2. The second-order valence-corrected chi connectivity index (χ2v) is 10.6. The molecule has 2 aliphatic heterocycles. The molecule has 8 nitrogen and oxygen atoms in total. The van der Waals surface area contributed by atoms with E-state index >= 15 is 0 Å². The molecule has 2 heterocycles. The summed E-state index contributed by atoms with van der Waals surface area (Å²) in [5.74, 6) is -0.560. The van der Waals surface area contributed by atoms with Crippen molar-refractivity contribution in [2.75, 3.05) is 31.2 Å². The Labute approximate surface area is 216 Å². The SMILES string of the molecule is CC(C)(C)OC(=O)NC1(C(=O)NC2CCN(c3ccc(-c4ccc(F)cc4)cc3C#N)C2)CCOCC1. The van der Waals surface area contributed by atoms with E-state index in [1.54, 1.807) is 39.0 Å². The lowest BCUT2D eigenvalue weighted by molar-refractivity contribution is -0.132. The van der Waals surface area contributed by atoms with Gasteiger partial charge in [0, 0.05) is 45.2 Å². The first kappa shape index (κ1) is 26.4. The van der Waals surface area contributed by atoms with Crippen LogP contribution in [0.3, 0.4) is 0 Å². The van der Waals surface area contributed by atoms with Gasteiger partial charge in [-0.05, 0) is 62.6 Å². The average Bonchev–Trinajstić information content (AvgIpc) is 3.31. The largest absolute Gasteiger partial charge is 0.444 e. The van der Waals surface area contributed by atoms with Crippen molar-refractivity contribution in [3.8, 4) is 17.2 Å². The summed E-state index contributed by atoms with van der Waals surface area (Å²) in [6.07, 6.45) is 0.795. The lowest BCUT2D eigenvalue weighted by Gasteiger charge is -2.37. The van der Waals surface area contributed by atoms with Gasteiger partial charge in [0.05, 0.1) is 11.3 Å². The minimum atomic E-state index is -1.09. The van der Waals surface area contributed by atoms with Gasteiger partial charge in [0.25, 0.3) is 0 Å². The average molecular weight is 509 g/mol.